The topological polar surface area (TPSA) is 114 Å². The Balaban J connectivity index is 1.95. The highest BCUT2D eigenvalue weighted by Crippen LogP contribution is 2.32. The Morgan fingerprint density at radius 1 is 1.14 bits per heavy atom. The molecule has 2 N–H and O–H groups in total. The lowest BCUT2D eigenvalue weighted by atomic mass is 9.99. The van der Waals surface area contributed by atoms with Gasteiger partial charge in [-0.25, -0.2) is 23.3 Å². The highest BCUT2D eigenvalue weighted by Gasteiger charge is 2.22. The standard InChI is InChI=1S/C25H31N3O5S2/c1-5-7-8-22-27-23(34-4)24(33-25(29)32-6-2)28(22)16-18-10-12-19(13-11-18)21-15-20(35(26,30)31)14-9-17(21)3/h9-15H,5-8,16H2,1-4H3,(H2,26,30,31). The van der Waals surface area contributed by atoms with E-state index in [0.717, 1.165) is 47.3 Å². The second kappa shape index (κ2) is 11.7. The second-order valence-electron chi connectivity index (χ2n) is 8.04. The normalized spacial score (nSPS) is 11.5. The zero-order chi connectivity index (χ0) is 25.6. The van der Waals surface area contributed by atoms with Gasteiger partial charge in [0.15, 0.2) is 5.03 Å². The fraction of sp³-hybridized carbons (Fsp3) is 0.360. The third kappa shape index (κ3) is 6.65. The maximum absolute atomic E-state index is 12.1. The first-order valence-electron chi connectivity index (χ1n) is 11.4. The van der Waals surface area contributed by atoms with Gasteiger partial charge in [-0.15, -0.1) is 11.8 Å². The summed E-state index contributed by atoms with van der Waals surface area (Å²) in [5, 5.41) is 5.95. The van der Waals surface area contributed by atoms with Crippen molar-refractivity contribution in [2.24, 2.45) is 5.14 Å². The molecule has 0 aliphatic carbocycles. The predicted molar refractivity (Wildman–Crippen MR) is 137 cm³/mol. The first-order valence-corrected chi connectivity index (χ1v) is 14.2. The molecule has 0 bridgehead atoms. The zero-order valence-corrected chi connectivity index (χ0v) is 22.0. The molecule has 0 aliphatic rings. The highest BCUT2D eigenvalue weighted by molar-refractivity contribution is 7.98. The van der Waals surface area contributed by atoms with Crippen LogP contribution < -0.4 is 9.88 Å². The van der Waals surface area contributed by atoms with E-state index >= 15 is 0 Å². The van der Waals surface area contributed by atoms with E-state index in [9.17, 15) is 13.2 Å². The summed E-state index contributed by atoms with van der Waals surface area (Å²) in [6, 6.07) is 12.7. The zero-order valence-electron chi connectivity index (χ0n) is 20.4. The number of ether oxygens (including phenoxy) is 2. The van der Waals surface area contributed by atoms with Gasteiger partial charge in [-0.2, -0.15) is 0 Å². The Morgan fingerprint density at radius 2 is 1.86 bits per heavy atom. The van der Waals surface area contributed by atoms with Crippen molar-refractivity contribution < 1.29 is 22.7 Å². The van der Waals surface area contributed by atoms with Crippen molar-refractivity contribution in [3.05, 3.63) is 59.4 Å². The van der Waals surface area contributed by atoms with Crippen LogP contribution in [0.4, 0.5) is 4.79 Å². The summed E-state index contributed by atoms with van der Waals surface area (Å²) in [6.45, 7) is 6.44. The Kier molecular flexibility index (Phi) is 8.98. The van der Waals surface area contributed by atoms with Gasteiger partial charge in [0, 0.05) is 6.42 Å². The molecular formula is C25H31N3O5S2. The first kappa shape index (κ1) is 26.8. The number of hydrogen-bond donors (Lipinski definition) is 1. The van der Waals surface area contributed by atoms with E-state index in [1.807, 2.05) is 42.0 Å². The van der Waals surface area contributed by atoms with E-state index in [-0.39, 0.29) is 11.5 Å². The fourth-order valence-corrected chi connectivity index (χ4v) is 4.73. The summed E-state index contributed by atoms with van der Waals surface area (Å²) >= 11 is 1.42. The van der Waals surface area contributed by atoms with Crippen LogP contribution in [0.15, 0.2) is 52.4 Å². The number of benzene rings is 2. The molecule has 3 aromatic rings. The minimum absolute atomic E-state index is 0.0755. The Bertz CT molecular complexity index is 1290. The number of sulfonamides is 1. The predicted octanol–water partition coefficient (Wildman–Crippen LogP) is 5.15. The van der Waals surface area contributed by atoms with Crippen molar-refractivity contribution in [1.29, 1.82) is 0 Å². The molecule has 8 nitrogen and oxygen atoms in total. The Hall–Kier alpha value is -2.82. The van der Waals surface area contributed by atoms with Gasteiger partial charge in [0.05, 0.1) is 18.0 Å². The van der Waals surface area contributed by atoms with Gasteiger partial charge in [-0.05, 0) is 60.9 Å². The molecule has 1 aromatic heterocycles. The largest absolute Gasteiger partial charge is 0.515 e. The van der Waals surface area contributed by atoms with Gasteiger partial charge in [-0.3, -0.25) is 4.57 Å². The van der Waals surface area contributed by atoms with Crippen LogP contribution in [0, 0.1) is 6.92 Å². The molecule has 0 saturated carbocycles. The molecule has 35 heavy (non-hydrogen) atoms. The third-order valence-corrected chi connectivity index (χ3v) is 7.07. The molecule has 10 heteroatoms. The van der Waals surface area contributed by atoms with Crippen LogP contribution in [-0.4, -0.2) is 37.0 Å². The lowest BCUT2D eigenvalue weighted by Crippen LogP contribution is -2.15. The van der Waals surface area contributed by atoms with Gasteiger partial charge >= 0.3 is 6.16 Å². The number of carbonyl (C=O) groups excluding carboxylic acids is 1. The summed E-state index contributed by atoms with van der Waals surface area (Å²) in [5.74, 6) is 1.22. The molecule has 0 amide bonds. The van der Waals surface area contributed by atoms with Crippen molar-refractivity contribution >= 4 is 27.9 Å². The van der Waals surface area contributed by atoms with Crippen LogP contribution in [0.2, 0.25) is 0 Å². The number of aromatic nitrogens is 2. The molecular weight excluding hydrogens is 486 g/mol. The van der Waals surface area contributed by atoms with Crippen molar-refractivity contribution in [2.45, 2.75) is 56.5 Å². The number of primary sulfonamides is 1. The van der Waals surface area contributed by atoms with E-state index in [4.69, 9.17) is 19.6 Å². The van der Waals surface area contributed by atoms with Crippen LogP contribution >= 0.6 is 11.8 Å². The SMILES string of the molecule is CCCCc1nc(SC)c(OC(=O)OCC)n1Cc1ccc(-c2cc(S(N)(=O)=O)ccc2C)cc1. The van der Waals surface area contributed by atoms with E-state index < -0.39 is 16.2 Å². The van der Waals surface area contributed by atoms with Crippen LogP contribution in [0.1, 0.15) is 43.6 Å². The summed E-state index contributed by atoms with van der Waals surface area (Å²) in [5.41, 5.74) is 3.59. The average molecular weight is 518 g/mol. The van der Waals surface area contributed by atoms with Crippen LogP contribution in [0.3, 0.4) is 0 Å². The second-order valence-corrected chi connectivity index (χ2v) is 10.4. The van der Waals surface area contributed by atoms with E-state index in [2.05, 4.69) is 6.92 Å². The summed E-state index contributed by atoms with van der Waals surface area (Å²) in [6.07, 6.45) is 3.87. The van der Waals surface area contributed by atoms with Gasteiger partial charge < -0.3 is 9.47 Å². The summed E-state index contributed by atoms with van der Waals surface area (Å²) in [4.78, 5) is 16.9. The minimum atomic E-state index is -3.79. The number of nitrogens with zero attached hydrogens (tertiary/aromatic N) is 2. The summed E-state index contributed by atoms with van der Waals surface area (Å²) < 4.78 is 36.0. The number of rotatable bonds is 10. The Labute approximate surface area is 210 Å². The molecule has 0 radical (unpaired) electrons. The van der Waals surface area contributed by atoms with Crippen LogP contribution in [0.5, 0.6) is 5.88 Å². The molecule has 188 valence electrons. The number of thioether (sulfide) groups is 1. The molecule has 0 saturated heterocycles. The van der Waals surface area contributed by atoms with E-state index in [0.29, 0.717) is 17.5 Å². The third-order valence-electron chi connectivity index (χ3n) is 5.50. The summed E-state index contributed by atoms with van der Waals surface area (Å²) in [7, 11) is -3.79. The molecule has 0 fully saturated rings. The molecule has 2 aromatic carbocycles. The van der Waals surface area contributed by atoms with Crippen molar-refractivity contribution in [3.63, 3.8) is 0 Å². The Morgan fingerprint density at radius 3 is 2.46 bits per heavy atom. The van der Waals surface area contributed by atoms with E-state index in [1.165, 1.54) is 17.8 Å². The maximum Gasteiger partial charge on any atom is 0.515 e. The number of imidazole rings is 1. The van der Waals surface area contributed by atoms with Crippen LogP contribution in [0.25, 0.3) is 11.1 Å². The highest BCUT2D eigenvalue weighted by atomic mass is 32.2. The number of hydrogen-bond acceptors (Lipinski definition) is 7. The maximum atomic E-state index is 12.1. The van der Waals surface area contributed by atoms with Crippen LogP contribution in [-0.2, 0) is 27.7 Å². The lowest BCUT2D eigenvalue weighted by molar-refractivity contribution is 0.0998. The van der Waals surface area contributed by atoms with Crippen molar-refractivity contribution in [1.82, 2.24) is 9.55 Å². The molecule has 0 unspecified atom stereocenters. The fourth-order valence-electron chi connectivity index (χ4n) is 3.67. The molecule has 0 spiro atoms. The quantitative estimate of drug-likeness (QED) is 0.292. The minimum Gasteiger partial charge on any atom is -0.434 e. The first-order chi connectivity index (χ1) is 16.7. The van der Waals surface area contributed by atoms with Gasteiger partial charge in [0.1, 0.15) is 5.82 Å². The van der Waals surface area contributed by atoms with Gasteiger partial charge in [0.2, 0.25) is 15.9 Å². The number of nitrogens with two attached hydrogens (primary N) is 1. The van der Waals surface area contributed by atoms with Gasteiger partial charge in [-0.1, -0.05) is 43.7 Å². The molecule has 1 heterocycles. The number of aryl methyl sites for hydroxylation is 2. The monoisotopic (exact) mass is 517 g/mol. The molecule has 0 atom stereocenters. The van der Waals surface area contributed by atoms with Crippen molar-refractivity contribution in [3.8, 4) is 17.0 Å². The number of carbonyl (C=O) groups is 1. The smallest absolute Gasteiger partial charge is 0.434 e. The van der Waals surface area contributed by atoms with Crippen molar-refractivity contribution in [2.75, 3.05) is 12.9 Å². The molecule has 0 aliphatic heterocycles. The molecule has 3 rings (SSSR count). The van der Waals surface area contributed by atoms with Gasteiger partial charge in [0.25, 0.3) is 0 Å². The van der Waals surface area contributed by atoms with E-state index in [1.54, 1.807) is 19.1 Å². The number of unbranched alkanes of at least 4 members (excludes halogenated alkanes) is 1. The lowest BCUT2D eigenvalue weighted by Gasteiger charge is -2.13. The average Bonchev–Trinajstić information content (AvgIpc) is 3.14.